The third kappa shape index (κ3) is 11.0. The van der Waals surface area contributed by atoms with Gasteiger partial charge in [0.2, 0.25) is 0 Å². The molecule has 2 aliphatic heterocycles. The normalized spacial score (nSPS) is 19.7. The second-order valence-electron chi connectivity index (χ2n) is 10.5. The standard InChI is InChI=1S/C34H40N3O10P3/c1-5-13-31(14-6-1)44-49(45-32-15-7-2-8-16-32)35-48(42-29-27-40-25-23-38-21-22-39-24-26-41-28-30-43-48)36-50(37-49,46-33-17-9-3-10-18-33)47-34-19-11-4-12-20-34/h1-20H,21-30H2. The van der Waals surface area contributed by atoms with E-state index in [-0.39, 0.29) is 26.4 Å². The summed E-state index contributed by atoms with van der Waals surface area (Å²) in [4.78, 5) is 0. The summed E-state index contributed by atoms with van der Waals surface area (Å²) in [5.74, 6) is 1.83. The van der Waals surface area contributed by atoms with Crippen molar-refractivity contribution in [3.05, 3.63) is 121 Å². The van der Waals surface area contributed by atoms with Gasteiger partial charge in [-0.15, -0.1) is 9.03 Å². The molecule has 0 aliphatic carbocycles. The van der Waals surface area contributed by atoms with Gasteiger partial charge < -0.3 is 46.1 Å². The SMILES string of the molecule is c1ccc(OP2(Oc3ccccc3)=NP3(=NP(Oc4ccccc4)(Oc4ccccc4)=N2)OCCOCCOCCOCCOCCO3)cc1. The lowest BCUT2D eigenvalue weighted by Crippen LogP contribution is -2.13. The van der Waals surface area contributed by atoms with Crippen molar-refractivity contribution in [2.24, 2.45) is 13.5 Å². The maximum absolute atomic E-state index is 6.69. The molecule has 2 aliphatic rings. The van der Waals surface area contributed by atoms with Crippen LogP contribution in [0.25, 0.3) is 0 Å². The van der Waals surface area contributed by atoms with Gasteiger partial charge in [-0.25, -0.2) is 0 Å². The summed E-state index contributed by atoms with van der Waals surface area (Å²) in [5, 5.41) is 0. The Morgan fingerprint density at radius 2 is 0.620 bits per heavy atom. The third-order valence-electron chi connectivity index (χ3n) is 6.64. The van der Waals surface area contributed by atoms with Crippen molar-refractivity contribution in [3.63, 3.8) is 0 Å². The van der Waals surface area contributed by atoms with Crippen LogP contribution in [-0.4, -0.2) is 66.1 Å². The Balaban J connectivity index is 1.52. The zero-order valence-electron chi connectivity index (χ0n) is 27.4. The Hall–Kier alpha value is -3.47. The second kappa shape index (κ2) is 18.7. The van der Waals surface area contributed by atoms with Gasteiger partial charge in [-0.05, 0) is 48.5 Å². The Morgan fingerprint density at radius 1 is 0.340 bits per heavy atom. The van der Waals surface area contributed by atoms with E-state index in [0.717, 1.165) is 0 Å². The highest BCUT2D eigenvalue weighted by atomic mass is 31.3. The number of rotatable bonds is 8. The summed E-state index contributed by atoms with van der Waals surface area (Å²) in [6.45, 7) is 2.99. The van der Waals surface area contributed by atoms with Gasteiger partial charge in [0.1, 0.15) is 23.0 Å². The van der Waals surface area contributed by atoms with Crippen molar-refractivity contribution in [1.29, 1.82) is 0 Å². The van der Waals surface area contributed by atoms with Gasteiger partial charge in [-0.2, -0.15) is 0 Å². The summed E-state index contributed by atoms with van der Waals surface area (Å²) in [6.07, 6.45) is 0. The van der Waals surface area contributed by atoms with Crippen molar-refractivity contribution in [2.75, 3.05) is 66.1 Å². The number of nitrogens with zero attached hydrogens (tertiary/aromatic N) is 3. The van der Waals surface area contributed by atoms with E-state index < -0.39 is 23.0 Å². The number of ether oxygens (including phenoxy) is 4. The molecule has 0 saturated carbocycles. The minimum absolute atomic E-state index is 0.0676. The van der Waals surface area contributed by atoms with E-state index >= 15 is 0 Å². The summed E-state index contributed by atoms with van der Waals surface area (Å²) in [7, 11) is -11.4. The van der Waals surface area contributed by atoms with Crippen LogP contribution in [0.3, 0.4) is 0 Å². The molecule has 0 bridgehead atoms. The molecule has 4 aromatic carbocycles. The first-order valence-corrected chi connectivity index (χ1v) is 20.7. The van der Waals surface area contributed by atoms with E-state index in [1.807, 2.05) is 72.8 Å². The van der Waals surface area contributed by atoms with Crippen LogP contribution in [0.4, 0.5) is 0 Å². The van der Waals surface area contributed by atoms with Crippen LogP contribution in [-0.2, 0) is 28.0 Å². The summed E-state index contributed by atoms with van der Waals surface area (Å²) in [5.41, 5.74) is 0. The zero-order valence-corrected chi connectivity index (χ0v) is 30.1. The Bertz CT molecular complexity index is 1570. The first-order valence-electron chi connectivity index (χ1n) is 16.1. The van der Waals surface area contributed by atoms with E-state index in [1.165, 1.54) is 0 Å². The molecule has 1 spiro atoms. The maximum atomic E-state index is 6.69. The second-order valence-corrected chi connectivity index (χ2v) is 16.8. The van der Waals surface area contributed by atoms with Crippen molar-refractivity contribution in [1.82, 2.24) is 0 Å². The van der Waals surface area contributed by atoms with Crippen LogP contribution in [0.2, 0.25) is 0 Å². The molecule has 0 N–H and O–H groups in total. The minimum atomic E-state index is -3.84. The van der Waals surface area contributed by atoms with Crippen LogP contribution < -0.4 is 18.1 Å². The summed E-state index contributed by atoms with van der Waals surface area (Å²) < 4.78 is 78.0. The predicted octanol–water partition coefficient (Wildman–Crippen LogP) is 9.27. The lowest BCUT2D eigenvalue weighted by atomic mass is 10.3. The fourth-order valence-electron chi connectivity index (χ4n) is 4.47. The lowest BCUT2D eigenvalue weighted by molar-refractivity contribution is -0.00426. The number of hydrogen-bond acceptors (Lipinski definition) is 13. The first-order chi connectivity index (χ1) is 24.6. The highest BCUT2D eigenvalue weighted by Crippen LogP contribution is 2.79. The molecule has 0 aromatic heterocycles. The van der Waals surface area contributed by atoms with Gasteiger partial charge >= 0.3 is 23.0 Å². The van der Waals surface area contributed by atoms with Crippen LogP contribution in [0.5, 0.6) is 23.0 Å². The minimum Gasteiger partial charge on any atom is -0.413 e. The van der Waals surface area contributed by atoms with E-state index in [4.69, 9.17) is 59.6 Å². The Labute approximate surface area is 292 Å². The molecule has 4 aromatic rings. The molecule has 266 valence electrons. The smallest absolute Gasteiger partial charge is 0.413 e. The van der Waals surface area contributed by atoms with Gasteiger partial charge in [0.05, 0.1) is 66.1 Å². The molecule has 2 heterocycles. The molecule has 0 unspecified atom stereocenters. The molecule has 0 atom stereocenters. The van der Waals surface area contributed by atoms with Crippen LogP contribution in [0.1, 0.15) is 0 Å². The van der Waals surface area contributed by atoms with Gasteiger partial charge in [0.15, 0.2) is 0 Å². The van der Waals surface area contributed by atoms with E-state index in [0.29, 0.717) is 62.6 Å². The molecule has 0 radical (unpaired) electrons. The maximum Gasteiger partial charge on any atom is 0.459 e. The lowest BCUT2D eigenvalue weighted by Gasteiger charge is -2.33. The molecule has 6 rings (SSSR count). The molecule has 50 heavy (non-hydrogen) atoms. The quantitative estimate of drug-likeness (QED) is 0.161. The third-order valence-corrected chi connectivity index (χ3v) is 14.9. The van der Waals surface area contributed by atoms with Gasteiger partial charge in [0.25, 0.3) is 0 Å². The molecule has 1 fully saturated rings. The molecule has 13 nitrogen and oxygen atoms in total. The van der Waals surface area contributed by atoms with Crippen LogP contribution in [0.15, 0.2) is 135 Å². The fourth-order valence-corrected chi connectivity index (χ4v) is 13.7. The fraction of sp³-hybridized carbons (Fsp3) is 0.294. The molecular weight excluding hydrogens is 703 g/mol. The average molecular weight is 744 g/mol. The first kappa shape index (κ1) is 36.3. The highest BCUT2D eigenvalue weighted by Gasteiger charge is 2.47. The van der Waals surface area contributed by atoms with Crippen LogP contribution >= 0.6 is 23.0 Å². The number of hydrogen-bond donors (Lipinski definition) is 0. The Kier molecular flexibility index (Phi) is 13.6. The van der Waals surface area contributed by atoms with Crippen molar-refractivity contribution >= 4 is 23.0 Å². The molecule has 1 saturated heterocycles. The van der Waals surface area contributed by atoms with Crippen molar-refractivity contribution in [3.8, 4) is 23.0 Å². The Morgan fingerprint density at radius 3 is 0.940 bits per heavy atom. The van der Waals surface area contributed by atoms with E-state index in [2.05, 4.69) is 0 Å². The molecular formula is C34H40N3O10P3. The predicted molar refractivity (Wildman–Crippen MR) is 192 cm³/mol. The number of benzene rings is 4. The molecule has 16 heteroatoms. The highest BCUT2D eigenvalue weighted by molar-refractivity contribution is 7.78. The van der Waals surface area contributed by atoms with E-state index in [1.54, 1.807) is 48.5 Å². The van der Waals surface area contributed by atoms with Crippen LogP contribution in [0, 0.1) is 0 Å². The van der Waals surface area contributed by atoms with Gasteiger partial charge in [-0.3, -0.25) is 0 Å². The van der Waals surface area contributed by atoms with Gasteiger partial charge in [-0.1, -0.05) is 77.3 Å². The summed E-state index contributed by atoms with van der Waals surface area (Å²) in [6, 6.07) is 36.7. The van der Waals surface area contributed by atoms with Crippen molar-refractivity contribution < 1.29 is 46.1 Å². The monoisotopic (exact) mass is 743 g/mol. The van der Waals surface area contributed by atoms with E-state index in [9.17, 15) is 0 Å². The van der Waals surface area contributed by atoms with Crippen molar-refractivity contribution in [2.45, 2.75) is 0 Å². The topological polar surface area (TPSA) is 129 Å². The average Bonchev–Trinajstić information content (AvgIpc) is 3.13. The summed E-state index contributed by atoms with van der Waals surface area (Å²) >= 11 is 0. The largest absolute Gasteiger partial charge is 0.459 e. The molecule has 0 amide bonds. The zero-order chi connectivity index (χ0) is 34.2. The number of para-hydroxylation sites is 4. The van der Waals surface area contributed by atoms with Gasteiger partial charge in [0, 0.05) is 0 Å².